The third-order valence-electron chi connectivity index (χ3n) is 5.71. The van der Waals surface area contributed by atoms with E-state index in [-0.39, 0.29) is 5.91 Å². The summed E-state index contributed by atoms with van der Waals surface area (Å²) in [7, 11) is 1.66. The van der Waals surface area contributed by atoms with Gasteiger partial charge in [0, 0.05) is 37.9 Å². The lowest BCUT2D eigenvalue weighted by atomic mass is 10.2. The predicted molar refractivity (Wildman–Crippen MR) is 122 cm³/mol. The van der Waals surface area contributed by atoms with E-state index in [1.165, 1.54) is 0 Å². The number of para-hydroxylation sites is 1. The van der Waals surface area contributed by atoms with Crippen LogP contribution in [0.2, 0.25) is 0 Å². The number of methoxy groups -OCH3 is 1. The molecule has 0 atom stereocenters. The summed E-state index contributed by atoms with van der Waals surface area (Å²) in [5, 5.41) is 4.67. The molecule has 1 fully saturated rings. The second-order valence-electron chi connectivity index (χ2n) is 7.62. The molecule has 162 valence electrons. The zero-order valence-electron chi connectivity index (χ0n) is 17.8. The Bertz CT molecular complexity index is 1180. The Labute approximate surface area is 186 Å². The molecule has 0 saturated carbocycles. The highest BCUT2D eigenvalue weighted by Gasteiger charge is 2.26. The van der Waals surface area contributed by atoms with E-state index < -0.39 is 0 Å². The molecule has 1 aliphatic heterocycles. The third kappa shape index (κ3) is 3.85. The average Bonchev–Trinajstić information content (AvgIpc) is 3.55. The van der Waals surface area contributed by atoms with E-state index in [1.54, 1.807) is 18.1 Å². The van der Waals surface area contributed by atoms with Crippen molar-refractivity contribution in [2.45, 2.75) is 0 Å². The number of ether oxygens (including phenoxy) is 1. The predicted octanol–water partition coefficient (Wildman–Crippen LogP) is 4.10. The lowest BCUT2D eigenvalue weighted by Crippen LogP contribution is -2.49. The Kier molecular flexibility index (Phi) is 5.37. The van der Waals surface area contributed by atoms with E-state index in [0.29, 0.717) is 30.2 Å². The summed E-state index contributed by atoms with van der Waals surface area (Å²) in [6.07, 6.45) is 1.61. The smallest absolute Gasteiger partial charge is 0.272 e. The second kappa shape index (κ2) is 8.63. The number of anilines is 1. The molecule has 32 heavy (non-hydrogen) atoms. The SMILES string of the molecule is COc1ccc(N2CCN(C(=O)c3cc(-c4ccco4)nn3-c3ccccc3)CC2)cc1. The summed E-state index contributed by atoms with van der Waals surface area (Å²) in [5.41, 5.74) is 3.14. The molecular weight excluding hydrogens is 404 g/mol. The molecule has 7 nitrogen and oxygen atoms in total. The highest BCUT2D eigenvalue weighted by atomic mass is 16.5. The lowest BCUT2D eigenvalue weighted by Gasteiger charge is -2.36. The molecule has 0 aliphatic carbocycles. The minimum Gasteiger partial charge on any atom is -0.497 e. The van der Waals surface area contributed by atoms with Crippen LogP contribution in [-0.2, 0) is 0 Å². The van der Waals surface area contributed by atoms with Crippen LogP contribution in [0.5, 0.6) is 5.75 Å². The second-order valence-corrected chi connectivity index (χ2v) is 7.62. The molecule has 3 heterocycles. The molecule has 2 aromatic carbocycles. The molecule has 0 unspecified atom stereocenters. The average molecular weight is 428 g/mol. The maximum atomic E-state index is 13.5. The van der Waals surface area contributed by atoms with Crippen molar-refractivity contribution in [3.05, 3.63) is 84.8 Å². The Balaban J connectivity index is 1.37. The van der Waals surface area contributed by atoms with Crippen LogP contribution in [0, 0.1) is 0 Å². The van der Waals surface area contributed by atoms with Crippen molar-refractivity contribution in [3.63, 3.8) is 0 Å². The fourth-order valence-electron chi connectivity index (χ4n) is 3.97. The van der Waals surface area contributed by atoms with Gasteiger partial charge in [0.15, 0.2) is 5.76 Å². The molecule has 5 rings (SSSR count). The Hall–Kier alpha value is -4.00. The van der Waals surface area contributed by atoms with Crippen molar-refractivity contribution in [1.29, 1.82) is 0 Å². The van der Waals surface area contributed by atoms with Gasteiger partial charge in [-0.15, -0.1) is 0 Å². The van der Waals surface area contributed by atoms with Crippen molar-refractivity contribution in [3.8, 4) is 22.9 Å². The molecule has 2 aromatic heterocycles. The largest absolute Gasteiger partial charge is 0.497 e. The van der Waals surface area contributed by atoms with Crippen molar-refractivity contribution >= 4 is 11.6 Å². The minimum atomic E-state index is -0.0338. The van der Waals surface area contributed by atoms with Crippen LogP contribution in [0.15, 0.2) is 83.5 Å². The van der Waals surface area contributed by atoms with Crippen LogP contribution in [-0.4, -0.2) is 53.9 Å². The topological polar surface area (TPSA) is 63.7 Å². The summed E-state index contributed by atoms with van der Waals surface area (Å²) >= 11 is 0. The number of hydrogen-bond donors (Lipinski definition) is 0. The van der Waals surface area contributed by atoms with Crippen LogP contribution in [0.3, 0.4) is 0 Å². The molecule has 1 amide bonds. The van der Waals surface area contributed by atoms with E-state index in [1.807, 2.05) is 65.6 Å². The van der Waals surface area contributed by atoms with E-state index >= 15 is 0 Å². The van der Waals surface area contributed by atoms with E-state index in [0.717, 1.165) is 30.2 Å². The van der Waals surface area contributed by atoms with Gasteiger partial charge in [-0.25, -0.2) is 4.68 Å². The van der Waals surface area contributed by atoms with Gasteiger partial charge >= 0.3 is 0 Å². The standard InChI is InChI=1S/C25H24N4O3/c1-31-21-11-9-19(10-12-21)27-13-15-28(16-14-27)25(30)23-18-22(24-8-5-17-32-24)26-29(23)20-6-3-2-4-7-20/h2-12,17-18H,13-16H2,1H3. The van der Waals surface area contributed by atoms with Gasteiger partial charge in [-0.3, -0.25) is 4.79 Å². The molecule has 0 bridgehead atoms. The van der Waals surface area contributed by atoms with Gasteiger partial charge in [0.1, 0.15) is 17.1 Å². The van der Waals surface area contributed by atoms with Gasteiger partial charge in [0.25, 0.3) is 5.91 Å². The maximum absolute atomic E-state index is 13.5. The van der Waals surface area contributed by atoms with Gasteiger partial charge in [-0.05, 0) is 48.5 Å². The van der Waals surface area contributed by atoms with Gasteiger partial charge in [-0.1, -0.05) is 18.2 Å². The van der Waals surface area contributed by atoms with Crippen LogP contribution in [0.1, 0.15) is 10.5 Å². The minimum absolute atomic E-state index is 0.0338. The number of nitrogens with zero attached hydrogens (tertiary/aromatic N) is 4. The van der Waals surface area contributed by atoms with Gasteiger partial charge in [0.05, 0.1) is 19.1 Å². The zero-order chi connectivity index (χ0) is 21.9. The summed E-state index contributed by atoms with van der Waals surface area (Å²) in [5.74, 6) is 1.44. The highest BCUT2D eigenvalue weighted by molar-refractivity contribution is 5.94. The fourth-order valence-corrected chi connectivity index (χ4v) is 3.97. The quantitative estimate of drug-likeness (QED) is 0.479. The number of amides is 1. The first-order valence-electron chi connectivity index (χ1n) is 10.6. The Morgan fingerprint density at radius 2 is 1.66 bits per heavy atom. The van der Waals surface area contributed by atoms with Gasteiger partial charge in [-0.2, -0.15) is 5.10 Å². The van der Waals surface area contributed by atoms with Crippen LogP contribution in [0.25, 0.3) is 17.1 Å². The van der Waals surface area contributed by atoms with E-state index in [9.17, 15) is 4.79 Å². The molecule has 4 aromatic rings. The number of carbonyl (C=O) groups excluding carboxylic acids is 1. The number of piperazine rings is 1. The molecule has 0 N–H and O–H groups in total. The molecule has 0 spiro atoms. The first-order chi connectivity index (χ1) is 15.7. The maximum Gasteiger partial charge on any atom is 0.272 e. The van der Waals surface area contributed by atoms with Crippen molar-refractivity contribution in [1.82, 2.24) is 14.7 Å². The van der Waals surface area contributed by atoms with Gasteiger partial charge < -0.3 is 19.0 Å². The van der Waals surface area contributed by atoms with Crippen LogP contribution >= 0.6 is 0 Å². The van der Waals surface area contributed by atoms with E-state index in [4.69, 9.17) is 9.15 Å². The number of aromatic nitrogens is 2. The van der Waals surface area contributed by atoms with Crippen LogP contribution in [0.4, 0.5) is 5.69 Å². The first-order valence-corrected chi connectivity index (χ1v) is 10.6. The summed E-state index contributed by atoms with van der Waals surface area (Å²) in [6, 6.07) is 23.2. The summed E-state index contributed by atoms with van der Waals surface area (Å²) in [4.78, 5) is 17.7. The van der Waals surface area contributed by atoms with E-state index in [2.05, 4.69) is 22.1 Å². The summed E-state index contributed by atoms with van der Waals surface area (Å²) in [6.45, 7) is 2.81. The van der Waals surface area contributed by atoms with Gasteiger partial charge in [0.2, 0.25) is 0 Å². The number of carbonyl (C=O) groups is 1. The number of benzene rings is 2. The Morgan fingerprint density at radius 3 is 2.31 bits per heavy atom. The monoisotopic (exact) mass is 428 g/mol. The molecule has 1 saturated heterocycles. The third-order valence-corrected chi connectivity index (χ3v) is 5.71. The molecule has 0 radical (unpaired) electrons. The number of rotatable bonds is 5. The Morgan fingerprint density at radius 1 is 0.906 bits per heavy atom. The lowest BCUT2D eigenvalue weighted by molar-refractivity contribution is 0.0737. The first kappa shape index (κ1) is 19.9. The fraction of sp³-hybridized carbons (Fsp3) is 0.200. The molecule has 7 heteroatoms. The zero-order valence-corrected chi connectivity index (χ0v) is 17.8. The molecule has 1 aliphatic rings. The number of hydrogen-bond acceptors (Lipinski definition) is 5. The number of furan rings is 1. The highest BCUT2D eigenvalue weighted by Crippen LogP contribution is 2.25. The van der Waals surface area contributed by atoms with Crippen molar-refractivity contribution in [2.24, 2.45) is 0 Å². The van der Waals surface area contributed by atoms with Crippen molar-refractivity contribution in [2.75, 3.05) is 38.2 Å². The van der Waals surface area contributed by atoms with Crippen molar-refractivity contribution < 1.29 is 13.9 Å². The normalized spacial score (nSPS) is 13.9. The molecular formula is C25H24N4O3. The summed E-state index contributed by atoms with van der Waals surface area (Å²) < 4.78 is 12.5. The van der Waals surface area contributed by atoms with Crippen LogP contribution < -0.4 is 9.64 Å².